The highest BCUT2D eigenvalue weighted by Crippen LogP contribution is 1.82. The molecule has 0 aromatic rings. The van der Waals surface area contributed by atoms with Gasteiger partial charge in [-0.15, -0.1) is 0 Å². The first-order valence-corrected chi connectivity index (χ1v) is 7.09. The van der Waals surface area contributed by atoms with Crippen molar-refractivity contribution in [2.24, 2.45) is 5.73 Å². The van der Waals surface area contributed by atoms with Crippen LogP contribution in [0.1, 0.15) is 0 Å². The van der Waals surface area contributed by atoms with E-state index in [1.165, 1.54) is 0 Å². The third-order valence-corrected chi connectivity index (χ3v) is 2.39. The molecule has 0 rings (SSSR count). The molecule has 17 heavy (non-hydrogen) atoms. The summed E-state index contributed by atoms with van der Waals surface area (Å²) in [4.78, 5) is 10.9. The van der Waals surface area contributed by atoms with E-state index in [1.807, 2.05) is 22.6 Å². The van der Waals surface area contributed by atoms with Crippen molar-refractivity contribution in [3.8, 4) is 0 Å². The minimum Gasteiger partial charge on any atom is -0.378 e. The molecular weight excluding hydrogens is 339 g/mol. The largest absolute Gasteiger partial charge is 0.378 e. The molecule has 0 fully saturated rings. The molecule has 0 aliphatic heterocycles. The van der Waals surface area contributed by atoms with Gasteiger partial charge in [0.15, 0.2) is 0 Å². The summed E-state index contributed by atoms with van der Waals surface area (Å²) in [5.74, 6) is 0.0301. The highest BCUT2D eigenvalue weighted by Gasteiger charge is 1.95. The molecule has 0 aliphatic rings. The number of nitrogens with two attached hydrogens (primary N) is 1. The molecule has 0 spiro atoms. The van der Waals surface area contributed by atoms with Gasteiger partial charge in [-0.05, 0) is 0 Å². The van der Waals surface area contributed by atoms with Crippen LogP contribution in [0.15, 0.2) is 0 Å². The number of nitrogens with one attached hydrogen (secondary N) is 1. The zero-order valence-corrected chi connectivity index (χ0v) is 12.1. The van der Waals surface area contributed by atoms with E-state index in [9.17, 15) is 4.79 Å². The summed E-state index contributed by atoms with van der Waals surface area (Å²) in [5, 5.41) is 2.71. The molecule has 7 heteroatoms. The van der Waals surface area contributed by atoms with Crippen molar-refractivity contribution in [3.63, 3.8) is 0 Å². The van der Waals surface area contributed by atoms with Crippen LogP contribution in [-0.2, 0) is 19.0 Å². The lowest BCUT2D eigenvalue weighted by molar-refractivity contribution is -0.118. The topological polar surface area (TPSA) is 82.8 Å². The first-order chi connectivity index (χ1) is 8.31. The van der Waals surface area contributed by atoms with Crippen LogP contribution in [0.4, 0.5) is 0 Å². The summed E-state index contributed by atoms with van der Waals surface area (Å²) < 4.78 is 16.1. The van der Waals surface area contributed by atoms with E-state index in [0.29, 0.717) is 57.2 Å². The number of amides is 1. The number of rotatable bonds is 12. The average molecular weight is 360 g/mol. The smallest absolute Gasteiger partial charge is 0.229 e. The number of ether oxygens (including phenoxy) is 3. The Kier molecular flexibility index (Phi) is 14.1. The Morgan fingerprint density at radius 3 is 2.06 bits per heavy atom. The van der Waals surface area contributed by atoms with Gasteiger partial charge in [0.05, 0.1) is 44.1 Å². The molecule has 3 N–H and O–H groups in total. The highest BCUT2D eigenvalue weighted by atomic mass is 127. The molecule has 0 saturated heterocycles. The summed E-state index contributed by atoms with van der Waals surface area (Å²) in [5.41, 5.74) is 5.25. The zero-order chi connectivity index (χ0) is 12.8. The van der Waals surface area contributed by atoms with Gasteiger partial charge in [0, 0.05) is 13.1 Å². The van der Waals surface area contributed by atoms with Crippen molar-refractivity contribution in [1.82, 2.24) is 5.32 Å². The first kappa shape index (κ1) is 17.0. The van der Waals surface area contributed by atoms with Gasteiger partial charge in [0.1, 0.15) is 0 Å². The van der Waals surface area contributed by atoms with Gasteiger partial charge in [0.2, 0.25) is 5.91 Å². The van der Waals surface area contributed by atoms with Crippen LogP contribution < -0.4 is 11.1 Å². The fraction of sp³-hybridized carbons (Fsp3) is 0.900. The number of hydrogen-bond acceptors (Lipinski definition) is 5. The van der Waals surface area contributed by atoms with E-state index in [2.05, 4.69) is 5.32 Å². The molecule has 6 nitrogen and oxygen atoms in total. The van der Waals surface area contributed by atoms with E-state index in [4.69, 9.17) is 19.9 Å². The molecule has 1 amide bonds. The zero-order valence-electron chi connectivity index (χ0n) is 9.95. The summed E-state index contributed by atoms with van der Waals surface area (Å²) in [6, 6.07) is 0. The lowest BCUT2D eigenvalue weighted by Crippen LogP contribution is -2.28. The Bertz CT molecular complexity index is 184. The molecule has 102 valence electrons. The van der Waals surface area contributed by atoms with Crippen LogP contribution in [0.3, 0.4) is 0 Å². The van der Waals surface area contributed by atoms with Gasteiger partial charge >= 0.3 is 0 Å². The van der Waals surface area contributed by atoms with Gasteiger partial charge in [0.25, 0.3) is 0 Å². The predicted octanol–water partition coefficient (Wildman–Crippen LogP) is -0.454. The van der Waals surface area contributed by atoms with Crippen LogP contribution in [0.5, 0.6) is 0 Å². The molecule has 0 atom stereocenters. The fourth-order valence-corrected chi connectivity index (χ4v) is 1.20. The van der Waals surface area contributed by atoms with Crippen LogP contribution in [0.25, 0.3) is 0 Å². The molecule has 0 unspecified atom stereocenters. The van der Waals surface area contributed by atoms with Crippen molar-refractivity contribution < 1.29 is 19.0 Å². The van der Waals surface area contributed by atoms with Crippen molar-refractivity contribution in [3.05, 3.63) is 0 Å². The van der Waals surface area contributed by atoms with E-state index in [-0.39, 0.29) is 5.91 Å². The van der Waals surface area contributed by atoms with Gasteiger partial charge in [-0.3, -0.25) is 4.79 Å². The molecule has 0 aromatic carbocycles. The SMILES string of the molecule is NCCOCCOCCOCCNC(=O)CI. The standard InChI is InChI=1S/C10H21IN2O4/c11-9-10(14)13-2-4-16-6-8-17-7-5-15-3-1-12/h1-9,12H2,(H,13,14). The molecule has 0 radical (unpaired) electrons. The number of halogens is 1. The van der Waals surface area contributed by atoms with Gasteiger partial charge in [-0.1, -0.05) is 22.6 Å². The monoisotopic (exact) mass is 360 g/mol. The second kappa shape index (κ2) is 14.1. The maximum absolute atomic E-state index is 10.9. The third-order valence-electron chi connectivity index (χ3n) is 1.70. The lowest BCUT2D eigenvalue weighted by Gasteiger charge is -2.06. The Hall–Kier alpha value is 0.0400. The molecule has 0 bridgehead atoms. The Labute approximate surface area is 116 Å². The Morgan fingerprint density at radius 1 is 1.00 bits per heavy atom. The fourth-order valence-electron chi connectivity index (χ4n) is 0.935. The lowest BCUT2D eigenvalue weighted by atomic mass is 10.6. The molecule has 0 aromatic heterocycles. The van der Waals surface area contributed by atoms with E-state index in [1.54, 1.807) is 0 Å². The maximum Gasteiger partial charge on any atom is 0.229 e. The summed E-state index contributed by atoms with van der Waals surface area (Å²) >= 11 is 2.01. The van der Waals surface area contributed by atoms with Crippen LogP contribution in [-0.4, -0.2) is 63.1 Å². The second-order valence-electron chi connectivity index (χ2n) is 3.11. The molecule has 0 heterocycles. The summed E-state index contributed by atoms with van der Waals surface area (Å²) in [7, 11) is 0. The molecular formula is C10H21IN2O4. The summed E-state index contributed by atoms with van der Waals surface area (Å²) in [6.45, 7) is 4.32. The van der Waals surface area contributed by atoms with E-state index < -0.39 is 0 Å². The van der Waals surface area contributed by atoms with Crippen molar-refractivity contribution >= 4 is 28.5 Å². The summed E-state index contributed by atoms with van der Waals surface area (Å²) in [6.07, 6.45) is 0. The van der Waals surface area contributed by atoms with Gasteiger partial charge < -0.3 is 25.3 Å². The van der Waals surface area contributed by atoms with Gasteiger partial charge in [-0.2, -0.15) is 0 Å². The van der Waals surface area contributed by atoms with Crippen LogP contribution in [0.2, 0.25) is 0 Å². The predicted molar refractivity (Wildman–Crippen MR) is 73.4 cm³/mol. The number of alkyl halides is 1. The van der Waals surface area contributed by atoms with E-state index >= 15 is 0 Å². The molecule has 0 aliphatic carbocycles. The minimum atomic E-state index is 0.0301. The second-order valence-corrected chi connectivity index (χ2v) is 3.87. The number of carbonyl (C=O) groups excluding carboxylic acids is 1. The van der Waals surface area contributed by atoms with Crippen molar-refractivity contribution in [1.29, 1.82) is 0 Å². The van der Waals surface area contributed by atoms with E-state index in [0.717, 1.165) is 0 Å². The third kappa shape index (κ3) is 14.0. The first-order valence-electron chi connectivity index (χ1n) is 5.57. The normalized spacial score (nSPS) is 10.5. The minimum absolute atomic E-state index is 0.0301. The highest BCUT2D eigenvalue weighted by molar-refractivity contribution is 14.1. The number of carbonyl (C=O) groups is 1. The number of hydrogen-bond donors (Lipinski definition) is 2. The maximum atomic E-state index is 10.9. The van der Waals surface area contributed by atoms with Crippen LogP contribution >= 0.6 is 22.6 Å². The molecule has 0 saturated carbocycles. The quantitative estimate of drug-likeness (QED) is 0.280. The average Bonchev–Trinajstić information content (AvgIpc) is 2.35. The van der Waals surface area contributed by atoms with Crippen molar-refractivity contribution in [2.75, 3.05) is 57.2 Å². The van der Waals surface area contributed by atoms with Gasteiger partial charge in [-0.25, -0.2) is 0 Å². The Balaban J connectivity index is 2.96. The van der Waals surface area contributed by atoms with Crippen LogP contribution in [0, 0.1) is 0 Å². The van der Waals surface area contributed by atoms with Crippen molar-refractivity contribution in [2.45, 2.75) is 0 Å². The Morgan fingerprint density at radius 2 is 1.53 bits per heavy atom.